The average Bonchev–Trinajstić information content (AvgIpc) is 3.15. The quantitative estimate of drug-likeness (QED) is 0.730. The third kappa shape index (κ3) is 2.39. The minimum atomic E-state index is -0.327. The Labute approximate surface area is 116 Å². The number of amides is 2. The maximum absolute atomic E-state index is 12.0. The van der Waals surface area contributed by atoms with Crippen molar-refractivity contribution in [1.29, 1.82) is 0 Å². The number of fused-ring (bicyclic) bond motifs is 1. The van der Waals surface area contributed by atoms with Crippen LogP contribution in [0, 0.1) is 19.8 Å². The number of carbonyl (C=O) groups is 2. The molecule has 0 aliphatic heterocycles. The third-order valence-corrected chi connectivity index (χ3v) is 3.58. The molecule has 3 rings (SSSR count). The molecule has 1 heterocycles. The van der Waals surface area contributed by atoms with Crippen LogP contribution in [0.25, 0.3) is 10.9 Å². The Kier molecular flexibility index (Phi) is 2.97. The molecule has 1 aliphatic rings. The van der Waals surface area contributed by atoms with Gasteiger partial charge in [-0.05, 0) is 49.9 Å². The summed E-state index contributed by atoms with van der Waals surface area (Å²) in [4.78, 5) is 26.6. The van der Waals surface area contributed by atoms with Crippen molar-refractivity contribution >= 4 is 22.7 Å². The standard InChI is InChI=1S/C15H17N3O2/c1-8-5-9(2)11-7-13(16-12(11)6-8)15(20)18-17-14(19)10-3-4-10/h5-7,10,16H,3-4H2,1-2H3,(H,17,19)(H,18,20). The number of hydrazine groups is 1. The fraction of sp³-hybridized carbons (Fsp3) is 0.333. The molecule has 3 N–H and O–H groups in total. The number of H-pyrrole nitrogens is 1. The minimum Gasteiger partial charge on any atom is -0.350 e. The molecule has 1 aromatic carbocycles. The van der Waals surface area contributed by atoms with Crippen LogP contribution >= 0.6 is 0 Å². The summed E-state index contributed by atoms with van der Waals surface area (Å²) >= 11 is 0. The Morgan fingerprint density at radius 2 is 1.90 bits per heavy atom. The Bertz CT molecular complexity index is 698. The maximum Gasteiger partial charge on any atom is 0.286 e. The van der Waals surface area contributed by atoms with Crippen LogP contribution in [0.2, 0.25) is 0 Å². The lowest BCUT2D eigenvalue weighted by Gasteiger charge is -2.04. The Hall–Kier alpha value is -2.30. The van der Waals surface area contributed by atoms with Gasteiger partial charge in [0.15, 0.2) is 0 Å². The first-order valence-electron chi connectivity index (χ1n) is 6.75. The van der Waals surface area contributed by atoms with E-state index in [4.69, 9.17) is 0 Å². The molecular formula is C15H17N3O2. The van der Waals surface area contributed by atoms with E-state index in [1.165, 1.54) is 0 Å². The molecule has 1 aliphatic carbocycles. The second-order valence-electron chi connectivity index (χ2n) is 5.44. The summed E-state index contributed by atoms with van der Waals surface area (Å²) in [5.74, 6) is -0.364. The first kappa shape index (κ1) is 12.7. The number of aromatic amines is 1. The summed E-state index contributed by atoms with van der Waals surface area (Å²) in [5.41, 5.74) is 8.55. The average molecular weight is 271 g/mol. The van der Waals surface area contributed by atoms with E-state index in [0.717, 1.165) is 34.9 Å². The molecular weight excluding hydrogens is 254 g/mol. The lowest BCUT2D eigenvalue weighted by atomic mass is 10.1. The van der Waals surface area contributed by atoms with Crippen molar-refractivity contribution < 1.29 is 9.59 Å². The van der Waals surface area contributed by atoms with Gasteiger partial charge >= 0.3 is 0 Å². The molecule has 0 saturated heterocycles. The molecule has 1 fully saturated rings. The van der Waals surface area contributed by atoms with Crippen LogP contribution in [0.5, 0.6) is 0 Å². The van der Waals surface area contributed by atoms with E-state index in [1.807, 2.05) is 26.0 Å². The fourth-order valence-electron chi connectivity index (χ4n) is 2.35. The zero-order valence-electron chi connectivity index (χ0n) is 11.5. The van der Waals surface area contributed by atoms with Crippen LogP contribution in [0.1, 0.15) is 34.5 Å². The van der Waals surface area contributed by atoms with Gasteiger partial charge in [-0.25, -0.2) is 0 Å². The molecule has 0 bridgehead atoms. The largest absolute Gasteiger partial charge is 0.350 e. The number of nitrogens with one attached hydrogen (secondary N) is 3. The van der Waals surface area contributed by atoms with Crippen molar-refractivity contribution in [2.45, 2.75) is 26.7 Å². The molecule has 2 aromatic rings. The van der Waals surface area contributed by atoms with Crippen molar-refractivity contribution in [3.63, 3.8) is 0 Å². The van der Waals surface area contributed by atoms with Gasteiger partial charge in [0, 0.05) is 16.8 Å². The highest BCUT2D eigenvalue weighted by atomic mass is 16.2. The zero-order valence-corrected chi connectivity index (χ0v) is 11.5. The molecule has 1 saturated carbocycles. The van der Waals surface area contributed by atoms with E-state index in [9.17, 15) is 9.59 Å². The fourth-order valence-corrected chi connectivity index (χ4v) is 2.35. The first-order chi connectivity index (χ1) is 9.54. The molecule has 1 aromatic heterocycles. The van der Waals surface area contributed by atoms with Gasteiger partial charge in [0.2, 0.25) is 5.91 Å². The third-order valence-electron chi connectivity index (χ3n) is 3.58. The summed E-state index contributed by atoms with van der Waals surface area (Å²) in [6.07, 6.45) is 1.82. The normalized spacial score (nSPS) is 14.3. The molecule has 20 heavy (non-hydrogen) atoms. The Morgan fingerprint density at radius 1 is 1.15 bits per heavy atom. The number of aromatic nitrogens is 1. The van der Waals surface area contributed by atoms with E-state index in [0.29, 0.717) is 5.69 Å². The molecule has 0 unspecified atom stereocenters. The topological polar surface area (TPSA) is 74.0 Å². The summed E-state index contributed by atoms with van der Waals surface area (Å²) in [6.45, 7) is 4.03. The highest BCUT2D eigenvalue weighted by molar-refractivity contribution is 5.99. The number of benzene rings is 1. The summed E-state index contributed by atoms with van der Waals surface area (Å²) in [6, 6.07) is 5.89. The van der Waals surface area contributed by atoms with Crippen molar-refractivity contribution in [3.8, 4) is 0 Å². The van der Waals surface area contributed by atoms with Gasteiger partial charge in [-0.1, -0.05) is 6.07 Å². The highest BCUT2D eigenvalue weighted by Crippen LogP contribution is 2.28. The smallest absolute Gasteiger partial charge is 0.286 e. The van der Waals surface area contributed by atoms with Crippen LogP contribution in [-0.4, -0.2) is 16.8 Å². The second kappa shape index (κ2) is 4.67. The van der Waals surface area contributed by atoms with Crippen molar-refractivity contribution in [2.24, 2.45) is 5.92 Å². The van der Waals surface area contributed by atoms with Gasteiger partial charge < -0.3 is 4.98 Å². The minimum absolute atomic E-state index is 0.0721. The van der Waals surface area contributed by atoms with Gasteiger partial charge in [-0.2, -0.15) is 0 Å². The van der Waals surface area contributed by atoms with Gasteiger partial charge in [0.05, 0.1) is 0 Å². The summed E-state index contributed by atoms with van der Waals surface area (Å²) < 4.78 is 0. The van der Waals surface area contributed by atoms with Crippen LogP contribution in [0.4, 0.5) is 0 Å². The van der Waals surface area contributed by atoms with E-state index in [1.54, 1.807) is 0 Å². The highest BCUT2D eigenvalue weighted by Gasteiger charge is 2.29. The van der Waals surface area contributed by atoms with Gasteiger partial charge in [0.1, 0.15) is 5.69 Å². The molecule has 2 amide bonds. The van der Waals surface area contributed by atoms with Gasteiger partial charge in [0.25, 0.3) is 5.91 Å². The van der Waals surface area contributed by atoms with Crippen LogP contribution < -0.4 is 10.9 Å². The predicted molar refractivity (Wildman–Crippen MR) is 76.1 cm³/mol. The van der Waals surface area contributed by atoms with Gasteiger partial charge in [-0.15, -0.1) is 0 Å². The number of aryl methyl sites for hydroxylation is 2. The van der Waals surface area contributed by atoms with E-state index < -0.39 is 0 Å². The lowest BCUT2D eigenvalue weighted by Crippen LogP contribution is -2.42. The molecule has 0 radical (unpaired) electrons. The number of hydrogen-bond acceptors (Lipinski definition) is 2. The molecule has 5 heteroatoms. The van der Waals surface area contributed by atoms with E-state index >= 15 is 0 Å². The predicted octanol–water partition coefficient (Wildman–Crippen LogP) is 1.96. The van der Waals surface area contributed by atoms with Crippen molar-refractivity contribution in [2.75, 3.05) is 0 Å². The van der Waals surface area contributed by atoms with Crippen LogP contribution in [0.15, 0.2) is 18.2 Å². The first-order valence-corrected chi connectivity index (χ1v) is 6.75. The van der Waals surface area contributed by atoms with Crippen LogP contribution in [-0.2, 0) is 4.79 Å². The second-order valence-corrected chi connectivity index (χ2v) is 5.44. The van der Waals surface area contributed by atoms with E-state index in [2.05, 4.69) is 21.9 Å². The molecule has 5 nitrogen and oxygen atoms in total. The lowest BCUT2D eigenvalue weighted by molar-refractivity contribution is -0.123. The van der Waals surface area contributed by atoms with Crippen molar-refractivity contribution in [1.82, 2.24) is 15.8 Å². The number of rotatable bonds is 2. The molecule has 0 atom stereocenters. The van der Waals surface area contributed by atoms with Gasteiger partial charge in [-0.3, -0.25) is 20.4 Å². The number of hydrogen-bond donors (Lipinski definition) is 3. The molecule has 0 spiro atoms. The number of carbonyl (C=O) groups excluding carboxylic acids is 2. The van der Waals surface area contributed by atoms with E-state index in [-0.39, 0.29) is 17.7 Å². The Morgan fingerprint density at radius 3 is 2.60 bits per heavy atom. The van der Waals surface area contributed by atoms with Crippen LogP contribution in [0.3, 0.4) is 0 Å². The monoisotopic (exact) mass is 271 g/mol. The zero-order chi connectivity index (χ0) is 14.3. The SMILES string of the molecule is Cc1cc(C)c2cc(C(=O)NNC(=O)C3CC3)[nH]c2c1. The summed E-state index contributed by atoms with van der Waals surface area (Å²) in [7, 11) is 0. The maximum atomic E-state index is 12.0. The summed E-state index contributed by atoms with van der Waals surface area (Å²) in [5, 5.41) is 1.02. The van der Waals surface area contributed by atoms with Crippen molar-refractivity contribution in [3.05, 3.63) is 35.0 Å². The Balaban J connectivity index is 1.77. The molecule has 104 valence electrons.